The molecule has 2 aromatic carbocycles. The van der Waals surface area contributed by atoms with E-state index in [1.807, 2.05) is 18.2 Å². The largest absolute Gasteiger partial charge is 0.487 e. The van der Waals surface area contributed by atoms with Crippen molar-refractivity contribution in [1.82, 2.24) is 4.90 Å². The fourth-order valence-corrected chi connectivity index (χ4v) is 2.09. The number of carbonyl (C=O) groups excluding carboxylic acids is 1. The summed E-state index contributed by atoms with van der Waals surface area (Å²) in [7, 11) is 3.44. The van der Waals surface area contributed by atoms with Crippen LogP contribution in [0.25, 0.3) is 0 Å². The number of nitrogens with zero attached hydrogens (tertiary/aromatic N) is 1. The van der Waals surface area contributed by atoms with Crippen molar-refractivity contribution in [3.05, 3.63) is 58.6 Å². The average Bonchev–Trinajstić information content (AvgIpc) is 2.45. The Labute approximate surface area is 141 Å². The summed E-state index contributed by atoms with van der Waals surface area (Å²) in [4.78, 5) is 13.5. The number of ether oxygens (including phenoxy) is 1. The number of benzene rings is 2. The first-order chi connectivity index (χ1) is 9.97. The summed E-state index contributed by atoms with van der Waals surface area (Å²) in [6.45, 7) is 0.332. The highest BCUT2D eigenvalue weighted by Crippen LogP contribution is 2.27. The summed E-state index contributed by atoms with van der Waals surface area (Å²) < 4.78 is 5.66. The minimum Gasteiger partial charge on any atom is -0.487 e. The smallest absolute Gasteiger partial charge is 0.253 e. The van der Waals surface area contributed by atoms with Crippen molar-refractivity contribution in [3.8, 4) is 5.75 Å². The number of hydrogen-bond donors (Lipinski definition) is 1. The second-order valence-electron chi connectivity index (χ2n) is 4.88. The van der Waals surface area contributed by atoms with Crippen molar-refractivity contribution in [3.63, 3.8) is 0 Å². The fraction of sp³-hybridized carbons (Fsp3) is 0.188. The normalized spacial score (nSPS) is 9.77. The zero-order valence-electron chi connectivity index (χ0n) is 12.4. The Balaban J connectivity index is 0.00000242. The molecule has 1 amide bonds. The number of nitrogens with two attached hydrogens (primary N) is 1. The molecule has 0 spiro atoms. The molecule has 118 valence electrons. The van der Waals surface area contributed by atoms with Crippen LogP contribution in [0.2, 0.25) is 5.02 Å². The van der Waals surface area contributed by atoms with E-state index in [9.17, 15) is 4.79 Å². The maximum Gasteiger partial charge on any atom is 0.253 e. The number of rotatable bonds is 4. The first kappa shape index (κ1) is 18.1. The Bertz CT molecular complexity index is 660. The lowest BCUT2D eigenvalue weighted by Crippen LogP contribution is -2.21. The molecular formula is C16H18Cl2N2O2. The van der Waals surface area contributed by atoms with Crippen LogP contribution >= 0.6 is 24.0 Å². The number of nitrogen functional groups attached to an aromatic ring is 1. The van der Waals surface area contributed by atoms with E-state index in [0.717, 1.165) is 5.56 Å². The molecule has 0 saturated carbocycles. The quantitative estimate of drug-likeness (QED) is 0.864. The lowest BCUT2D eigenvalue weighted by Gasteiger charge is -2.12. The van der Waals surface area contributed by atoms with E-state index in [1.54, 1.807) is 38.4 Å². The average molecular weight is 341 g/mol. The summed E-state index contributed by atoms with van der Waals surface area (Å²) in [5.74, 6) is 0.526. The van der Waals surface area contributed by atoms with Crippen molar-refractivity contribution in [1.29, 1.82) is 0 Å². The molecule has 0 aliphatic rings. The third kappa shape index (κ3) is 4.55. The van der Waals surface area contributed by atoms with Gasteiger partial charge in [0.05, 0.1) is 5.02 Å². The van der Waals surface area contributed by atoms with Crippen LogP contribution in [0.1, 0.15) is 15.9 Å². The van der Waals surface area contributed by atoms with E-state index in [1.165, 1.54) is 4.90 Å². The monoisotopic (exact) mass is 340 g/mol. The standard InChI is InChI=1S/C16H17ClN2O2.ClH/c1-19(2)16(20)12-5-3-4-11(8-12)10-21-15-7-6-13(18)9-14(15)17;/h3-9H,10,18H2,1-2H3;1H. The van der Waals surface area contributed by atoms with Crippen molar-refractivity contribution in [2.75, 3.05) is 19.8 Å². The number of amides is 1. The lowest BCUT2D eigenvalue weighted by atomic mass is 10.1. The minimum atomic E-state index is -0.0395. The third-order valence-corrected chi connectivity index (χ3v) is 3.23. The van der Waals surface area contributed by atoms with Crippen LogP contribution in [0.5, 0.6) is 5.75 Å². The van der Waals surface area contributed by atoms with E-state index in [-0.39, 0.29) is 18.3 Å². The molecule has 0 aromatic heterocycles. The predicted octanol–water partition coefficient (Wildman–Crippen LogP) is 3.62. The lowest BCUT2D eigenvalue weighted by molar-refractivity contribution is 0.0827. The van der Waals surface area contributed by atoms with Gasteiger partial charge in [0.15, 0.2) is 0 Å². The van der Waals surface area contributed by atoms with Crippen LogP contribution in [0.4, 0.5) is 5.69 Å². The Morgan fingerprint density at radius 2 is 1.95 bits per heavy atom. The number of hydrogen-bond acceptors (Lipinski definition) is 3. The summed E-state index contributed by atoms with van der Waals surface area (Å²) in [6.07, 6.45) is 0. The highest BCUT2D eigenvalue weighted by Gasteiger charge is 2.09. The maximum absolute atomic E-state index is 11.9. The van der Waals surface area contributed by atoms with Gasteiger partial charge in [0, 0.05) is 25.3 Å². The van der Waals surface area contributed by atoms with Gasteiger partial charge in [-0.3, -0.25) is 4.79 Å². The molecule has 4 nitrogen and oxygen atoms in total. The molecule has 0 unspecified atom stereocenters. The van der Waals surface area contributed by atoms with Gasteiger partial charge < -0.3 is 15.4 Å². The van der Waals surface area contributed by atoms with Crippen molar-refractivity contribution in [2.45, 2.75) is 6.61 Å². The maximum atomic E-state index is 11.9. The van der Waals surface area contributed by atoms with Crippen LogP contribution in [0.15, 0.2) is 42.5 Å². The van der Waals surface area contributed by atoms with E-state index in [0.29, 0.717) is 28.6 Å². The second-order valence-corrected chi connectivity index (χ2v) is 5.29. The molecule has 0 heterocycles. The number of halogens is 2. The van der Waals surface area contributed by atoms with Gasteiger partial charge in [-0.2, -0.15) is 0 Å². The highest BCUT2D eigenvalue weighted by atomic mass is 35.5. The molecule has 6 heteroatoms. The Morgan fingerprint density at radius 3 is 2.59 bits per heavy atom. The van der Waals surface area contributed by atoms with Crippen molar-refractivity contribution in [2.24, 2.45) is 0 Å². The Morgan fingerprint density at radius 1 is 1.23 bits per heavy atom. The summed E-state index contributed by atoms with van der Waals surface area (Å²) >= 11 is 6.05. The van der Waals surface area contributed by atoms with Gasteiger partial charge in [-0.25, -0.2) is 0 Å². The van der Waals surface area contributed by atoms with E-state index in [4.69, 9.17) is 22.1 Å². The zero-order chi connectivity index (χ0) is 15.4. The van der Waals surface area contributed by atoms with Crippen LogP contribution in [-0.4, -0.2) is 24.9 Å². The summed E-state index contributed by atoms with van der Waals surface area (Å²) in [5.41, 5.74) is 7.75. The molecule has 0 bridgehead atoms. The van der Waals surface area contributed by atoms with Gasteiger partial charge in [0.1, 0.15) is 12.4 Å². The molecule has 0 radical (unpaired) electrons. The van der Waals surface area contributed by atoms with Gasteiger partial charge in [-0.05, 0) is 35.9 Å². The van der Waals surface area contributed by atoms with Crippen LogP contribution < -0.4 is 10.5 Å². The van der Waals surface area contributed by atoms with Crippen LogP contribution in [0, 0.1) is 0 Å². The van der Waals surface area contributed by atoms with Crippen LogP contribution in [0.3, 0.4) is 0 Å². The van der Waals surface area contributed by atoms with Gasteiger partial charge >= 0.3 is 0 Å². The molecule has 2 aromatic rings. The van der Waals surface area contributed by atoms with E-state index < -0.39 is 0 Å². The van der Waals surface area contributed by atoms with Crippen molar-refractivity contribution < 1.29 is 9.53 Å². The number of carbonyl (C=O) groups is 1. The SMILES string of the molecule is CN(C)C(=O)c1cccc(COc2ccc(N)cc2Cl)c1.Cl. The Kier molecular flexibility index (Phi) is 6.53. The van der Waals surface area contributed by atoms with Crippen LogP contribution in [-0.2, 0) is 6.61 Å². The molecule has 2 N–H and O–H groups in total. The van der Waals surface area contributed by atoms with Gasteiger partial charge in [0.2, 0.25) is 0 Å². The predicted molar refractivity (Wildman–Crippen MR) is 91.9 cm³/mol. The van der Waals surface area contributed by atoms with Crippen molar-refractivity contribution >= 4 is 35.6 Å². The molecule has 0 fully saturated rings. The molecule has 2 rings (SSSR count). The van der Waals surface area contributed by atoms with E-state index in [2.05, 4.69) is 0 Å². The first-order valence-electron chi connectivity index (χ1n) is 6.46. The molecule has 0 atom stereocenters. The number of anilines is 1. The molecule has 0 aliphatic carbocycles. The van der Waals surface area contributed by atoms with Gasteiger partial charge in [-0.1, -0.05) is 23.7 Å². The topological polar surface area (TPSA) is 55.6 Å². The Hall–Kier alpha value is -1.91. The molecule has 22 heavy (non-hydrogen) atoms. The summed E-state index contributed by atoms with van der Waals surface area (Å²) in [6, 6.07) is 12.4. The second kappa shape index (κ2) is 7.92. The third-order valence-electron chi connectivity index (χ3n) is 2.93. The van der Waals surface area contributed by atoms with Gasteiger partial charge in [0.25, 0.3) is 5.91 Å². The highest BCUT2D eigenvalue weighted by molar-refractivity contribution is 6.32. The molecule has 0 saturated heterocycles. The van der Waals surface area contributed by atoms with E-state index >= 15 is 0 Å². The minimum absolute atomic E-state index is 0. The first-order valence-corrected chi connectivity index (χ1v) is 6.83. The van der Waals surface area contributed by atoms with Gasteiger partial charge in [-0.15, -0.1) is 12.4 Å². The molecular weight excluding hydrogens is 323 g/mol. The fourth-order valence-electron chi connectivity index (χ4n) is 1.85. The molecule has 0 aliphatic heterocycles. The zero-order valence-corrected chi connectivity index (χ0v) is 13.9. The summed E-state index contributed by atoms with van der Waals surface area (Å²) in [5, 5.41) is 0.468.